The monoisotopic (exact) mass is 353 g/mol. The maximum absolute atomic E-state index is 5.80. The van der Waals surface area contributed by atoms with Crippen LogP contribution in [0.3, 0.4) is 0 Å². The third-order valence-electron chi connectivity index (χ3n) is 5.00. The minimum absolute atomic E-state index is 0.834. The molecule has 0 atom stereocenters. The standard InChI is InChI=1S/C22H31N3O/c23-22-9-7-20(8-10-22)11-14-25(19-21-5-2-1-3-6-21)13-4-12-24-15-17-26-18-16-24/h1-3,5-10H,4,11-19,23H2. The van der Waals surface area contributed by atoms with E-state index < -0.39 is 0 Å². The second kappa shape index (κ2) is 10.3. The second-order valence-electron chi connectivity index (χ2n) is 7.06. The third-order valence-corrected chi connectivity index (χ3v) is 5.00. The van der Waals surface area contributed by atoms with Crippen LogP contribution in [0, 0.1) is 0 Å². The Morgan fingerprint density at radius 1 is 0.885 bits per heavy atom. The summed E-state index contributed by atoms with van der Waals surface area (Å²) in [5.41, 5.74) is 9.37. The van der Waals surface area contributed by atoms with Crippen molar-refractivity contribution in [3.8, 4) is 0 Å². The Hall–Kier alpha value is -1.88. The molecule has 0 aliphatic carbocycles. The predicted octanol–water partition coefficient (Wildman–Crippen LogP) is 3.04. The van der Waals surface area contributed by atoms with Crippen molar-refractivity contribution in [3.63, 3.8) is 0 Å². The van der Waals surface area contributed by atoms with Gasteiger partial charge in [0.05, 0.1) is 13.2 Å². The molecule has 1 aliphatic heterocycles. The number of ether oxygens (including phenoxy) is 1. The molecule has 0 bridgehead atoms. The van der Waals surface area contributed by atoms with Gasteiger partial charge in [-0.25, -0.2) is 0 Å². The number of rotatable bonds is 9. The Morgan fingerprint density at radius 2 is 1.62 bits per heavy atom. The molecular weight excluding hydrogens is 322 g/mol. The Balaban J connectivity index is 1.51. The summed E-state index contributed by atoms with van der Waals surface area (Å²) in [6.07, 6.45) is 2.26. The zero-order chi connectivity index (χ0) is 18.0. The zero-order valence-electron chi connectivity index (χ0n) is 15.6. The predicted molar refractivity (Wildman–Crippen MR) is 108 cm³/mol. The molecule has 1 aliphatic rings. The lowest BCUT2D eigenvalue weighted by Crippen LogP contribution is -2.38. The molecule has 1 heterocycles. The molecule has 2 aromatic rings. The number of anilines is 1. The Morgan fingerprint density at radius 3 is 2.35 bits per heavy atom. The minimum atomic E-state index is 0.834. The molecule has 0 radical (unpaired) electrons. The Bertz CT molecular complexity index is 624. The molecule has 0 saturated carbocycles. The summed E-state index contributed by atoms with van der Waals surface area (Å²) in [6, 6.07) is 19.1. The maximum Gasteiger partial charge on any atom is 0.0594 e. The van der Waals surface area contributed by atoms with E-state index in [-0.39, 0.29) is 0 Å². The van der Waals surface area contributed by atoms with E-state index in [0.717, 1.165) is 64.6 Å². The Kier molecular flexibility index (Phi) is 7.50. The highest BCUT2D eigenvalue weighted by atomic mass is 16.5. The van der Waals surface area contributed by atoms with E-state index >= 15 is 0 Å². The number of morpholine rings is 1. The summed E-state index contributed by atoms with van der Waals surface area (Å²) < 4.78 is 5.44. The van der Waals surface area contributed by atoms with Crippen molar-refractivity contribution in [3.05, 3.63) is 65.7 Å². The van der Waals surface area contributed by atoms with E-state index in [9.17, 15) is 0 Å². The van der Waals surface area contributed by atoms with Crippen molar-refractivity contribution < 1.29 is 4.74 Å². The molecular formula is C22H31N3O. The lowest BCUT2D eigenvalue weighted by molar-refractivity contribution is 0.0360. The van der Waals surface area contributed by atoms with E-state index in [1.54, 1.807) is 0 Å². The smallest absolute Gasteiger partial charge is 0.0594 e. The van der Waals surface area contributed by atoms with Crippen LogP contribution in [-0.2, 0) is 17.7 Å². The quantitative estimate of drug-likeness (QED) is 0.704. The largest absolute Gasteiger partial charge is 0.399 e. The zero-order valence-corrected chi connectivity index (χ0v) is 15.6. The van der Waals surface area contributed by atoms with Gasteiger partial charge >= 0.3 is 0 Å². The van der Waals surface area contributed by atoms with Gasteiger partial charge in [-0.2, -0.15) is 0 Å². The molecule has 26 heavy (non-hydrogen) atoms. The molecule has 0 unspecified atom stereocenters. The first-order valence-electron chi connectivity index (χ1n) is 9.70. The molecule has 0 amide bonds. The normalized spacial score (nSPS) is 15.4. The van der Waals surface area contributed by atoms with Crippen LogP contribution in [0.25, 0.3) is 0 Å². The second-order valence-corrected chi connectivity index (χ2v) is 7.06. The van der Waals surface area contributed by atoms with Gasteiger partial charge < -0.3 is 10.5 Å². The minimum Gasteiger partial charge on any atom is -0.399 e. The molecule has 1 saturated heterocycles. The first-order chi connectivity index (χ1) is 12.8. The van der Waals surface area contributed by atoms with E-state index in [4.69, 9.17) is 10.5 Å². The molecule has 0 spiro atoms. The highest BCUT2D eigenvalue weighted by molar-refractivity contribution is 5.39. The lowest BCUT2D eigenvalue weighted by Gasteiger charge is -2.28. The number of hydrogen-bond donors (Lipinski definition) is 1. The van der Waals surface area contributed by atoms with Crippen molar-refractivity contribution in [2.75, 3.05) is 51.7 Å². The Labute approximate surface area is 157 Å². The van der Waals surface area contributed by atoms with Gasteiger partial charge in [0.1, 0.15) is 0 Å². The van der Waals surface area contributed by atoms with Crippen LogP contribution < -0.4 is 5.73 Å². The molecule has 3 rings (SSSR count). The van der Waals surface area contributed by atoms with Gasteiger partial charge in [0.25, 0.3) is 0 Å². The average molecular weight is 354 g/mol. The van der Waals surface area contributed by atoms with Gasteiger partial charge in [0.2, 0.25) is 0 Å². The molecule has 2 aromatic carbocycles. The summed E-state index contributed by atoms with van der Waals surface area (Å²) in [5, 5.41) is 0. The average Bonchev–Trinajstić information content (AvgIpc) is 2.69. The first kappa shape index (κ1) is 18.9. The number of nitrogen functional groups attached to an aromatic ring is 1. The van der Waals surface area contributed by atoms with Crippen LogP contribution in [0.4, 0.5) is 5.69 Å². The van der Waals surface area contributed by atoms with Crippen molar-refractivity contribution in [1.82, 2.24) is 9.80 Å². The molecule has 1 fully saturated rings. The van der Waals surface area contributed by atoms with Crippen LogP contribution in [0.5, 0.6) is 0 Å². The fraction of sp³-hybridized carbons (Fsp3) is 0.455. The lowest BCUT2D eigenvalue weighted by atomic mass is 10.1. The summed E-state index contributed by atoms with van der Waals surface area (Å²) in [7, 11) is 0. The maximum atomic E-state index is 5.80. The summed E-state index contributed by atoms with van der Waals surface area (Å²) in [5.74, 6) is 0. The van der Waals surface area contributed by atoms with Crippen molar-refractivity contribution in [2.24, 2.45) is 0 Å². The first-order valence-corrected chi connectivity index (χ1v) is 9.70. The van der Waals surface area contributed by atoms with Crippen LogP contribution in [0.1, 0.15) is 17.5 Å². The number of hydrogen-bond acceptors (Lipinski definition) is 4. The van der Waals surface area contributed by atoms with E-state index in [1.807, 2.05) is 12.1 Å². The van der Waals surface area contributed by atoms with Crippen molar-refractivity contribution >= 4 is 5.69 Å². The fourth-order valence-corrected chi connectivity index (χ4v) is 3.43. The van der Waals surface area contributed by atoms with Crippen LogP contribution in [0.15, 0.2) is 54.6 Å². The van der Waals surface area contributed by atoms with Gasteiger partial charge in [-0.3, -0.25) is 9.80 Å². The SMILES string of the molecule is Nc1ccc(CCN(CCCN2CCOCC2)Cc2ccccc2)cc1. The van der Waals surface area contributed by atoms with E-state index in [2.05, 4.69) is 52.3 Å². The van der Waals surface area contributed by atoms with Gasteiger partial charge in [-0.05, 0) is 49.2 Å². The molecule has 4 heteroatoms. The van der Waals surface area contributed by atoms with Crippen LogP contribution >= 0.6 is 0 Å². The number of benzene rings is 2. The third kappa shape index (κ3) is 6.45. The van der Waals surface area contributed by atoms with Crippen LogP contribution in [-0.4, -0.2) is 55.7 Å². The summed E-state index contributed by atoms with van der Waals surface area (Å²) in [6.45, 7) is 8.28. The van der Waals surface area contributed by atoms with Crippen molar-refractivity contribution in [2.45, 2.75) is 19.4 Å². The summed E-state index contributed by atoms with van der Waals surface area (Å²) >= 11 is 0. The molecule has 0 aromatic heterocycles. The van der Waals surface area contributed by atoms with E-state index in [0.29, 0.717) is 0 Å². The van der Waals surface area contributed by atoms with Gasteiger partial charge in [0.15, 0.2) is 0 Å². The topological polar surface area (TPSA) is 41.7 Å². The fourth-order valence-electron chi connectivity index (χ4n) is 3.43. The van der Waals surface area contributed by atoms with Crippen molar-refractivity contribution in [1.29, 1.82) is 0 Å². The number of nitrogens with two attached hydrogens (primary N) is 1. The molecule has 2 N–H and O–H groups in total. The van der Waals surface area contributed by atoms with Gasteiger partial charge in [-0.1, -0.05) is 42.5 Å². The molecule has 140 valence electrons. The van der Waals surface area contributed by atoms with Gasteiger partial charge in [0, 0.05) is 31.9 Å². The highest BCUT2D eigenvalue weighted by Crippen LogP contribution is 2.10. The summed E-state index contributed by atoms with van der Waals surface area (Å²) in [4.78, 5) is 5.09. The molecule has 4 nitrogen and oxygen atoms in total. The number of nitrogens with zero attached hydrogens (tertiary/aromatic N) is 2. The highest BCUT2D eigenvalue weighted by Gasteiger charge is 2.11. The van der Waals surface area contributed by atoms with Crippen LogP contribution in [0.2, 0.25) is 0 Å². The van der Waals surface area contributed by atoms with Gasteiger partial charge in [-0.15, -0.1) is 0 Å². The van der Waals surface area contributed by atoms with E-state index in [1.165, 1.54) is 17.5 Å².